The number of hydrogen-bond acceptors (Lipinski definition) is 3. The van der Waals surface area contributed by atoms with Gasteiger partial charge >= 0.3 is 19.0 Å². The minimum Gasteiger partial charge on any atom is -0.333 e. The van der Waals surface area contributed by atoms with Gasteiger partial charge in [0.1, 0.15) is 0 Å². The smallest absolute Gasteiger partial charge is 0.333 e. The molecular weight excluding hydrogens is 267 g/mol. The van der Waals surface area contributed by atoms with E-state index in [2.05, 4.69) is 5.73 Å². The van der Waals surface area contributed by atoms with E-state index in [4.69, 9.17) is 42.8 Å². The molecular formula is C2H9Cl2NO6P2. The van der Waals surface area contributed by atoms with Crippen molar-refractivity contribution in [3.8, 4) is 0 Å². The summed E-state index contributed by atoms with van der Waals surface area (Å²) in [7, 11) is -8.94. The summed E-state index contributed by atoms with van der Waals surface area (Å²) >= 11 is 9.46. The predicted molar refractivity (Wildman–Crippen MR) is 48.6 cm³/mol. The third-order valence-corrected chi connectivity index (χ3v) is 6.31. The molecule has 0 atom stereocenters. The maximum Gasteiger partial charge on any atom is 0.373 e. The van der Waals surface area contributed by atoms with Crippen molar-refractivity contribution in [3.05, 3.63) is 0 Å². The highest BCUT2D eigenvalue weighted by Gasteiger charge is 2.58. The van der Waals surface area contributed by atoms with Gasteiger partial charge in [0.15, 0.2) is 0 Å². The second-order valence-corrected chi connectivity index (χ2v) is 7.85. The molecule has 0 saturated heterocycles. The molecule has 0 heterocycles. The summed E-state index contributed by atoms with van der Waals surface area (Å²) in [5.41, 5.74) is 4.50. The van der Waals surface area contributed by atoms with Crippen molar-refractivity contribution >= 4 is 38.4 Å². The van der Waals surface area contributed by atoms with Crippen molar-refractivity contribution < 1.29 is 28.7 Å². The summed E-state index contributed by atoms with van der Waals surface area (Å²) in [6.45, 7) is 0. The Bertz CT molecular complexity index is 219. The van der Waals surface area contributed by atoms with Crippen molar-refractivity contribution in [3.63, 3.8) is 0 Å². The van der Waals surface area contributed by atoms with E-state index in [1.54, 1.807) is 0 Å². The molecule has 0 fully saturated rings. The van der Waals surface area contributed by atoms with Crippen LogP contribution in [0.4, 0.5) is 0 Å². The van der Waals surface area contributed by atoms with E-state index in [1.165, 1.54) is 7.05 Å². The van der Waals surface area contributed by atoms with Gasteiger partial charge in [-0.05, 0) is 7.05 Å². The van der Waals surface area contributed by atoms with Gasteiger partial charge in [0.05, 0.1) is 0 Å². The fraction of sp³-hybridized carbons (Fsp3) is 1.00. The van der Waals surface area contributed by atoms with Crippen molar-refractivity contribution in [1.29, 1.82) is 0 Å². The highest BCUT2D eigenvalue weighted by Crippen LogP contribution is 2.73. The molecule has 0 spiro atoms. The standard InChI is InChI=1S/CH4Cl2O6P2.CH5N/c2-1(3,10(4,5)6)11(7,8)9;1-2/h(H2,4,5,6)(H2,7,8,9);2H2,1H3. The summed E-state index contributed by atoms with van der Waals surface area (Å²) in [5.74, 6) is 0. The summed E-state index contributed by atoms with van der Waals surface area (Å²) in [6.07, 6.45) is 0. The molecule has 0 aliphatic carbocycles. The molecule has 0 aromatic rings. The monoisotopic (exact) mass is 275 g/mol. The molecule has 7 nitrogen and oxygen atoms in total. The quantitative estimate of drug-likeness (QED) is 0.353. The van der Waals surface area contributed by atoms with Crippen LogP contribution in [0.5, 0.6) is 0 Å². The lowest BCUT2D eigenvalue weighted by Crippen LogP contribution is -2.13. The van der Waals surface area contributed by atoms with E-state index in [0.717, 1.165) is 0 Å². The van der Waals surface area contributed by atoms with Crippen LogP contribution in [0, 0.1) is 0 Å². The zero-order valence-electron chi connectivity index (χ0n) is 6.33. The van der Waals surface area contributed by atoms with Crippen molar-refractivity contribution in [1.82, 2.24) is 0 Å². The molecule has 0 bridgehead atoms. The molecule has 0 amide bonds. The predicted octanol–water partition coefficient (Wildman–Crippen LogP) is 0.00560. The van der Waals surface area contributed by atoms with Crippen molar-refractivity contribution in [2.24, 2.45) is 5.73 Å². The van der Waals surface area contributed by atoms with E-state index < -0.39 is 19.0 Å². The normalized spacial score (nSPS) is 13.2. The molecule has 0 aliphatic rings. The van der Waals surface area contributed by atoms with E-state index in [9.17, 15) is 9.13 Å². The molecule has 0 saturated carbocycles. The van der Waals surface area contributed by atoms with Crippen molar-refractivity contribution in [2.75, 3.05) is 7.05 Å². The zero-order chi connectivity index (χ0) is 11.5. The lowest BCUT2D eigenvalue weighted by Gasteiger charge is -2.20. The first-order chi connectivity index (χ1) is 5.50. The Morgan fingerprint density at radius 3 is 1.15 bits per heavy atom. The highest BCUT2D eigenvalue weighted by molar-refractivity contribution is 7.78. The third-order valence-electron chi connectivity index (χ3n) is 0.701. The molecule has 0 aromatic heterocycles. The van der Waals surface area contributed by atoms with Gasteiger partial charge in [-0.1, -0.05) is 23.2 Å². The van der Waals surface area contributed by atoms with Crippen LogP contribution < -0.4 is 5.73 Å². The average molecular weight is 276 g/mol. The second kappa shape index (κ2) is 5.07. The molecule has 0 unspecified atom stereocenters. The number of nitrogens with two attached hydrogens (primary N) is 1. The van der Waals surface area contributed by atoms with Gasteiger partial charge in [-0.25, -0.2) is 0 Å². The zero-order valence-corrected chi connectivity index (χ0v) is 9.63. The number of rotatable bonds is 2. The number of hydrogen-bond donors (Lipinski definition) is 5. The molecule has 0 rings (SSSR count). The van der Waals surface area contributed by atoms with Gasteiger partial charge in [-0.2, -0.15) is 0 Å². The molecule has 82 valence electrons. The van der Waals surface area contributed by atoms with Gasteiger partial charge in [-0.3, -0.25) is 9.13 Å². The topological polar surface area (TPSA) is 141 Å². The highest BCUT2D eigenvalue weighted by atomic mass is 35.5. The van der Waals surface area contributed by atoms with Gasteiger partial charge < -0.3 is 25.3 Å². The largest absolute Gasteiger partial charge is 0.373 e. The van der Waals surface area contributed by atoms with Gasteiger partial charge in [0, 0.05) is 0 Å². The molecule has 0 aromatic carbocycles. The SMILES string of the molecule is CN.O=P(O)(O)C(Cl)(Cl)P(=O)(O)O. The van der Waals surface area contributed by atoms with Crippen LogP contribution in [-0.2, 0) is 9.13 Å². The molecule has 6 N–H and O–H groups in total. The Labute approximate surface area is 84.2 Å². The van der Waals surface area contributed by atoms with E-state index >= 15 is 0 Å². The van der Waals surface area contributed by atoms with E-state index in [1.807, 2.05) is 0 Å². The molecule has 11 heteroatoms. The Hall–Kier alpha value is 0.840. The first kappa shape index (κ1) is 16.3. The van der Waals surface area contributed by atoms with Crippen LogP contribution in [0.25, 0.3) is 0 Å². The average Bonchev–Trinajstić information content (AvgIpc) is 1.87. The maximum atomic E-state index is 10.2. The lowest BCUT2D eigenvalue weighted by atomic mass is 11.6. The Morgan fingerprint density at radius 1 is 1.00 bits per heavy atom. The fourth-order valence-corrected chi connectivity index (χ4v) is 1.53. The second-order valence-electron chi connectivity index (χ2n) is 1.60. The Kier molecular flexibility index (Phi) is 6.35. The van der Waals surface area contributed by atoms with Crippen LogP contribution >= 0.6 is 38.4 Å². The van der Waals surface area contributed by atoms with E-state index in [0.29, 0.717) is 0 Å². The minimum atomic E-state index is -5.22. The maximum absolute atomic E-state index is 10.2. The summed E-state index contributed by atoms with van der Waals surface area (Å²) in [5, 5.41) is 0. The van der Waals surface area contributed by atoms with Crippen molar-refractivity contribution in [2.45, 2.75) is 3.82 Å². The minimum absolute atomic E-state index is 1.50. The van der Waals surface area contributed by atoms with E-state index in [-0.39, 0.29) is 0 Å². The molecule has 0 aliphatic heterocycles. The summed E-state index contributed by atoms with van der Waals surface area (Å²) in [4.78, 5) is 32.9. The Morgan fingerprint density at radius 2 is 1.15 bits per heavy atom. The van der Waals surface area contributed by atoms with Crippen LogP contribution in [0.1, 0.15) is 0 Å². The Balaban J connectivity index is 0. The third kappa shape index (κ3) is 4.25. The summed E-state index contributed by atoms with van der Waals surface area (Å²) in [6, 6.07) is 0. The summed E-state index contributed by atoms with van der Waals surface area (Å²) < 4.78 is 17.1. The number of alkyl halides is 2. The lowest BCUT2D eigenvalue weighted by molar-refractivity contribution is 0.345. The molecule has 0 radical (unpaired) electrons. The van der Waals surface area contributed by atoms with Gasteiger partial charge in [-0.15, -0.1) is 0 Å². The first-order valence-electron chi connectivity index (χ1n) is 2.57. The van der Waals surface area contributed by atoms with Crippen LogP contribution in [0.15, 0.2) is 0 Å². The number of halogens is 2. The van der Waals surface area contributed by atoms with Crippen LogP contribution in [0.2, 0.25) is 0 Å². The van der Waals surface area contributed by atoms with Gasteiger partial charge in [0.2, 0.25) is 0 Å². The first-order valence-corrected chi connectivity index (χ1v) is 6.55. The van der Waals surface area contributed by atoms with Gasteiger partial charge in [0.25, 0.3) is 0 Å². The van der Waals surface area contributed by atoms with Crippen LogP contribution in [0.3, 0.4) is 0 Å². The van der Waals surface area contributed by atoms with Crippen LogP contribution in [-0.4, -0.2) is 30.4 Å². The molecule has 13 heavy (non-hydrogen) atoms. The fourth-order valence-electron chi connectivity index (χ4n) is 0.170.